The molecule has 1 N–H and O–H groups in total. The first-order valence-corrected chi connectivity index (χ1v) is 7.00. The predicted octanol–water partition coefficient (Wildman–Crippen LogP) is 3.47. The van der Waals surface area contributed by atoms with Crippen LogP contribution < -0.4 is 0 Å². The van der Waals surface area contributed by atoms with Gasteiger partial charge in [0.2, 0.25) is 0 Å². The normalized spacial score (nSPS) is 14.2. The quantitative estimate of drug-likeness (QED) is 0.549. The fourth-order valence-electron chi connectivity index (χ4n) is 1.36. The van der Waals surface area contributed by atoms with Crippen LogP contribution in [0, 0.1) is 5.92 Å². The van der Waals surface area contributed by atoms with E-state index in [0.29, 0.717) is 17.7 Å². The fraction of sp³-hybridized carbons (Fsp3) is 0.769. The van der Waals surface area contributed by atoms with Gasteiger partial charge in [0, 0.05) is 6.42 Å². The molecule has 0 heterocycles. The minimum absolute atomic E-state index is 0.215. The molecular weight excluding hydrogens is 268 g/mol. The molecule has 1 atom stereocenters. The summed E-state index contributed by atoms with van der Waals surface area (Å²) in [6.07, 6.45) is 5.04. The van der Waals surface area contributed by atoms with Gasteiger partial charge in [0.25, 0.3) is 0 Å². The van der Waals surface area contributed by atoms with Crippen LogP contribution in [0.2, 0.25) is 0 Å². The van der Waals surface area contributed by atoms with Crippen LogP contribution in [-0.2, 0) is 4.79 Å². The first-order valence-electron chi connectivity index (χ1n) is 5.88. The summed E-state index contributed by atoms with van der Waals surface area (Å²) in [4.78, 5) is 11.0. The summed E-state index contributed by atoms with van der Waals surface area (Å²) in [7, 11) is 0. The van der Waals surface area contributed by atoms with Crippen molar-refractivity contribution in [2.45, 2.75) is 52.6 Å². The predicted molar refractivity (Wildman–Crippen MR) is 71.9 cm³/mol. The Morgan fingerprint density at radius 3 is 2.50 bits per heavy atom. The monoisotopic (exact) mass is 290 g/mol. The van der Waals surface area contributed by atoms with Crippen LogP contribution in [0.3, 0.4) is 0 Å². The number of Topliss-reactive ketones (excluding diaryl/α,β-unsaturated/α-hetero) is 1. The first kappa shape index (κ1) is 15.9. The summed E-state index contributed by atoms with van der Waals surface area (Å²) < 4.78 is 0. The van der Waals surface area contributed by atoms with E-state index < -0.39 is 0 Å². The van der Waals surface area contributed by atoms with Gasteiger partial charge in [-0.1, -0.05) is 41.4 Å². The minimum Gasteiger partial charge on any atom is -0.393 e. The van der Waals surface area contributed by atoms with Crippen molar-refractivity contribution in [2.75, 3.05) is 5.33 Å². The molecule has 0 spiro atoms. The fourth-order valence-corrected chi connectivity index (χ4v) is 1.64. The summed E-state index contributed by atoms with van der Waals surface area (Å²) in [6, 6.07) is 0. The lowest BCUT2D eigenvalue weighted by molar-refractivity contribution is -0.116. The maximum atomic E-state index is 11.0. The van der Waals surface area contributed by atoms with Crippen LogP contribution in [0.4, 0.5) is 0 Å². The molecule has 0 aromatic carbocycles. The Hall–Kier alpha value is -0.150. The number of ketones is 1. The van der Waals surface area contributed by atoms with Gasteiger partial charge < -0.3 is 5.11 Å². The van der Waals surface area contributed by atoms with E-state index in [9.17, 15) is 9.90 Å². The Labute approximate surface area is 107 Å². The Morgan fingerprint density at radius 2 is 2.00 bits per heavy atom. The topological polar surface area (TPSA) is 37.3 Å². The van der Waals surface area contributed by atoms with Gasteiger partial charge in [0.1, 0.15) is 5.78 Å². The molecule has 0 radical (unpaired) electrons. The van der Waals surface area contributed by atoms with Crippen LogP contribution >= 0.6 is 15.9 Å². The third-order valence-electron chi connectivity index (χ3n) is 2.67. The van der Waals surface area contributed by atoms with Crippen molar-refractivity contribution >= 4 is 21.7 Å². The smallest absolute Gasteiger partial charge is 0.143 e. The highest BCUT2D eigenvalue weighted by Gasteiger charge is 2.08. The van der Waals surface area contributed by atoms with E-state index in [1.807, 2.05) is 13.8 Å². The molecule has 0 aliphatic heterocycles. The van der Waals surface area contributed by atoms with Crippen molar-refractivity contribution in [3.8, 4) is 0 Å². The van der Waals surface area contributed by atoms with Gasteiger partial charge in [-0.25, -0.2) is 0 Å². The number of halogens is 1. The van der Waals surface area contributed by atoms with Crippen molar-refractivity contribution in [3.05, 3.63) is 11.6 Å². The van der Waals surface area contributed by atoms with E-state index in [-0.39, 0.29) is 11.9 Å². The lowest BCUT2D eigenvalue weighted by atomic mass is 9.99. The molecule has 16 heavy (non-hydrogen) atoms. The van der Waals surface area contributed by atoms with Gasteiger partial charge in [-0.3, -0.25) is 4.79 Å². The van der Waals surface area contributed by atoms with Gasteiger partial charge in [-0.15, -0.1) is 0 Å². The first-order chi connectivity index (χ1) is 7.47. The molecule has 2 nitrogen and oxygen atoms in total. The van der Waals surface area contributed by atoms with E-state index in [2.05, 4.69) is 28.9 Å². The Bertz CT molecular complexity index is 234. The number of rotatable bonds is 8. The van der Waals surface area contributed by atoms with E-state index in [1.54, 1.807) is 0 Å². The second-order valence-corrected chi connectivity index (χ2v) is 5.17. The average Bonchev–Trinajstić information content (AvgIpc) is 2.25. The van der Waals surface area contributed by atoms with Crippen LogP contribution in [-0.4, -0.2) is 22.3 Å². The number of aliphatic hydroxyl groups is 1. The Balaban J connectivity index is 3.75. The molecule has 0 aromatic rings. The largest absolute Gasteiger partial charge is 0.393 e. The SMILES string of the molecule is C/C(=C\CCC(=O)CBr)CCC(O)C(C)C. The van der Waals surface area contributed by atoms with E-state index >= 15 is 0 Å². The summed E-state index contributed by atoms with van der Waals surface area (Å²) in [5, 5.41) is 10.1. The molecule has 0 saturated carbocycles. The maximum absolute atomic E-state index is 11.0. The van der Waals surface area contributed by atoms with Crippen LogP contribution in [0.5, 0.6) is 0 Å². The third-order valence-corrected chi connectivity index (χ3v) is 3.29. The van der Waals surface area contributed by atoms with Crippen molar-refractivity contribution < 1.29 is 9.90 Å². The van der Waals surface area contributed by atoms with Crippen LogP contribution in [0.25, 0.3) is 0 Å². The number of allylic oxidation sites excluding steroid dienone is 2. The van der Waals surface area contributed by atoms with Gasteiger partial charge >= 0.3 is 0 Å². The summed E-state index contributed by atoms with van der Waals surface area (Å²) in [6.45, 7) is 6.11. The zero-order chi connectivity index (χ0) is 12.6. The van der Waals surface area contributed by atoms with Gasteiger partial charge in [-0.05, 0) is 32.1 Å². The highest BCUT2D eigenvalue weighted by Crippen LogP contribution is 2.13. The average molecular weight is 291 g/mol. The van der Waals surface area contributed by atoms with E-state index in [0.717, 1.165) is 19.3 Å². The molecule has 0 fully saturated rings. The minimum atomic E-state index is -0.215. The summed E-state index contributed by atoms with van der Waals surface area (Å²) in [5.74, 6) is 0.564. The molecule has 94 valence electrons. The number of hydrogen-bond donors (Lipinski definition) is 1. The van der Waals surface area contributed by atoms with Gasteiger partial charge in [0.15, 0.2) is 0 Å². The maximum Gasteiger partial charge on any atom is 0.143 e. The number of carbonyl (C=O) groups is 1. The molecule has 0 aliphatic carbocycles. The molecule has 0 amide bonds. The highest BCUT2D eigenvalue weighted by atomic mass is 79.9. The summed E-state index contributed by atoms with van der Waals surface area (Å²) in [5.41, 5.74) is 1.27. The molecule has 0 rings (SSSR count). The lowest BCUT2D eigenvalue weighted by Crippen LogP contribution is -2.14. The molecular formula is C13H23BrO2. The molecule has 3 heteroatoms. The van der Waals surface area contributed by atoms with E-state index in [4.69, 9.17) is 0 Å². The Morgan fingerprint density at radius 1 is 1.38 bits per heavy atom. The number of carbonyl (C=O) groups excluding carboxylic acids is 1. The highest BCUT2D eigenvalue weighted by molar-refractivity contribution is 9.09. The second-order valence-electron chi connectivity index (χ2n) is 4.61. The zero-order valence-electron chi connectivity index (χ0n) is 10.5. The third kappa shape index (κ3) is 8.05. The van der Waals surface area contributed by atoms with Gasteiger partial charge in [-0.2, -0.15) is 0 Å². The van der Waals surface area contributed by atoms with Crippen molar-refractivity contribution in [1.29, 1.82) is 0 Å². The summed E-state index contributed by atoms with van der Waals surface area (Å²) >= 11 is 3.14. The lowest BCUT2D eigenvalue weighted by Gasteiger charge is -2.14. The molecule has 0 aromatic heterocycles. The van der Waals surface area contributed by atoms with Crippen LogP contribution in [0.15, 0.2) is 11.6 Å². The number of hydrogen-bond acceptors (Lipinski definition) is 2. The van der Waals surface area contributed by atoms with Crippen molar-refractivity contribution in [3.63, 3.8) is 0 Å². The number of alkyl halides is 1. The standard InChI is InChI=1S/C13H23BrO2/c1-10(2)13(16)8-7-11(3)5-4-6-12(15)9-14/h5,10,13,16H,4,6-9H2,1-3H3/b11-5+. The Kier molecular flexibility index (Phi) is 8.86. The molecule has 0 aliphatic rings. The zero-order valence-corrected chi connectivity index (χ0v) is 12.1. The van der Waals surface area contributed by atoms with Gasteiger partial charge in [0.05, 0.1) is 11.4 Å². The number of aliphatic hydroxyl groups excluding tert-OH is 1. The van der Waals surface area contributed by atoms with E-state index in [1.165, 1.54) is 5.57 Å². The molecule has 0 bridgehead atoms. The van der Waals surface area contributed by atoms with Crippen LogP contribution in [0.1, 0.15) is 46.5 Å². The van der Waals surface area contributed by atoms with Crippen molar-refractivity contribution in [1.82, 2.24) is 0 Å². The second kappa shape index (κ2) is 8.94. The molecule has 0 saturated heterocycles. The van der Waals surface area contributed by atoms with Crippen molar-refractivity contribution in [2.24, 2.45) is 5.92 Å². The molecule has 1 unspecified atom stereocenters.